The van der Waals surface area contributed by atoms with Gasteiger partial charge in [-0.05, 0) is 29.8 Å². The number of hydrogen-bond acceptors (Lipinski definition) is 7. The van der Waals surface area contributed by atoms with E-state index in [1.54, 1.807) is 0 Å². The molecule has 1 aromatic rings. The molecule has 0 aliphatic heterocycles. The predicted molar refractivity (Wildman–Crippen MR) is 81.4 cm³/mol. The number of hydrogen-bond donors (Lipinski definition) is 1. The Hall–Kier alpha value is -1.19. The Bertz CT molecular complexity index is 668. The lowest BCUT2D eigenvalue weighted by Crippen LogP contribution is -2.60. The van der Waals surface area contributed by atoms with Gasteiger partial charge in [-0.3, -0.25) is 4.79 Å². The number of nitrogens with one attached hydrogen (secondary N) is 1. The molecule has 7 nitrogen and oxygen atoms in total. The number of aromatic nitrogens is 1. The summed E-state index contributed by atoms with van der Waals surface area (Å²) in [4.78, 5) is 12.3. The van der Waals surface area contributed by atoms with Gasteiger partial charge in [0, 0.05) is 6.07 Å². The molecular weight excluding hydrogens is 328 g/mol. The highest BCUT2D eigenvalue weighted by Crippen LogP contribution is 2.47. The molecule has 1 fully saturated rings. The highest BCUT2D eigenvalue weighted by atomic mass is 32.2. The molecule has 9 heteroatoms. The second-order valence-corrected chi connectivity index (χ2v) is 8.64. The minimum atomic E-state index is -3.89. The Kier molecular flexibility index (Phi) is 4.51. The lowest BCUT2D eigenvalue weighted by atomic mass is 9.75. The van der Waals surface area contributed by atoms with Crippen molar-refractivity contribution < 1.29 is 22.7 Å². The van der Waals surface area contributed by atoms with Crippen LogP contribution in [-0.2, 0) is 19.6 Å². The summed E-state index contributed by atoms with van der Waals surface area (Å²) in [6.07, 6.45) is 1.88. The molecule has 1 heterocycles. The van der Waals surface area contributed by atoms with E-state index in [1.807, 2.05) is 13.8 Å². The van der Waals surface area contributed by atoms with E-state index in [-0.39, 0.29) is 10.1 Å². The summed E-state index contributed by atoms with van der Waals surface area (Å²) in [6.45, 7) is 3.74. The number of sulfonamides is 1. The first-order valence-corrected chi connectivity index (χ1v) is 9.07. The zero-order valence-electron chi connectivity index (χ0n) is 13.0. The third kappa shape index (κ3) is 2.72. The van der Waals surface area contributed by atoms with Gasteiger partial charge in [-0.15, -0.1) is 0 Å². The largest absolute Gasteiger partial charge is 0.480 e. The van der Waals surface area contributed by atoms with Crippen LogP contribution in [0.3, 0.4) is 0 Å². The van der Waals surface area contributed by atoms with Gasteiger partial charge in [0.1, 0.15) is 5.54 Å². The molecule has 1 N–H and O–H groups in total. The van der Waals surface area contributed by atoms with Crippen molar-refractivity contribution in [3.8, 4) is 5.88 Å². The quantitative estimate of drug-likeness (QED) is 0.811. The molecule has 0 amide bonds. The Morgan fingerprint density at radius 1 is 1.36 bits per heavy atom. The zero-order valence-corrected chi connectivity index (χ0v) is 14.6. The average Bonchev–Trinajstić information content (AvgIpc) is 3.04. The molecule has 0 radical (unpaired) electrons. The SMILES string of the molecule is COC(=O)C1(NS(=O)(=O)c2cc(OC)ns2)CCCC1(C)C. The molecule has 2 rings (SSSR count). The summed E-state index contributed by atoms with van der Waals surface area (Å²) in [5, 5.41) is 0. The van der Waals surface area contributed by atoms with Crippen LogP contribution < -0.4 is 9.46 Å². The van der Waals surface area contributed by atoms with Crippen LogP contribution in [0.4, 0.5) is 0 Å². The van der Waals surface area contributed by atoms with Crippen molar-refractivity contribution in [2.45, 2.75) is 42.9 Å². The fraction of sp³-hybridized carbons (Fsp3) is 0.692. The Morgan fingerprint density at radius 2 is 2.05 bits per heavy atom. The molecular formula is C13H20N2O5S2. The van der Waals surface area contributed by atoms with Crippen LogP contribution in [-0.4, -0.2) is 38.5 Å². The highest BCUT2D eigenvalue weighted by Gasteiger charge is 2.57. The van der Waals surface area contributed by atoms with Crippen molar-refractivity contribution in [3.63, 3.8) is 0 Å². The van der Waals surface area contributed by atoms with E-state index in [4.69, 9.17) is 9.47 Å². The number of methoxy groups -OCH3 is 2. The Labute approximate surface area is 134 Å². The van der Waals surface area contributed by atoms with Crippen molar-refractivity contribution in [2.24, 2.45) is 5.41 Å². The van der Waals surface area contributed by atoms with E-state index in [0.717, 1.165) is 24.4 Å². The second kappa shape index (κ2) is 5.78. The van der Waals surface area contributed by atoms with E-state index >= 15 is 0 Å². The van der Waals surface area contributed by atoms with Crippen molar-refractivity contribution in [3.05, 3.63) is 6.07 Å². The van der Waals surface area contributed by atoms with Crippen LogP contribution in [0.5, 0.6) is 5.88 Å². The fourth-order valence-electron chi connectivity index (χ4n) is 2.88. The molecule has 1 aliphatic carbocycles. The second-order valence-electron chi connectivity index (χ2n) is 5.93. The number of nitrogens with zero attached hydrogens (tertiary/aromatic N) is 1. The smallest absolute Gasteiger partial charge is 0.327 e. The van der Waals surface area contributed by atoms with Gasteiger partial charge in [0.2, 0.25) is 5.88 Å². The fourth-order valence-corrected chi connectivity index (χ4v) is 5.24. The summed E-state index contributed by atoms with van der Waals surface area (Å²) in [7, 11) is -1.21. The summed E-state index contributed by atoms with van der Waals surface area (Å²) in [5.41, 5.74) is -1.81. The minimum Gasteiger partial charge on any atom is -0.480 e. The monoisotopic (exact) mass is 348 g/mol. The van der Waals surface area contributed by atoms with Gasteiger partial charge in [-0.1, -0.05) is 20.3 Å². The summed E-state index contributed by atoms with van der Waals surface area (Å²) in [6, 6.07) is 1.33. The van der Waals surface area contributed by atoms with Crippen LogP contribution in [0, 0.1) is 5.41 Å². The van der Waals surface area contributed by atoms with Crippen molar-refractivity contribution in [2.75, 3.05) is 14.2 Å². The lowest BCUT2D eigenvalue weighted by molar-refractivity contribution is -0.151. The molecule has 0 aromatic carbocycles. The first kappa shape index (κ1) is 17.2. The van der Waals surface area contributed by atoms with Crippen molar-refractivity contribution in [1.29, 1.82) is 0 Å². The number of rotatable bonds is 5. The van der Waals surface area contributed by atoms with Gasteiger partial charge in [0.25, 0.3) is 10.0 Å². The van der Waals surface area contributed by atoms with Crippen LogP contribution >= 0.6 is 11.5 Å². The standard InChI is InChI=1S/C13H20N2O5S2/c1-12(2)6-5-7-13(12,11(16)20-4)15-22(17,18)10-8-9(19-3)14-21-10/h8,15H,5-7H2,1-4H3. The van der Waals surface area contributed by atoms with Gasteiger partial charge >= 0.3 is 5.97 Å². The first-order valence-electron chi connectivity index (χ1n) is 6.82. The van der Waals surface area contributed by atoms with E-state index in [0.29, 0.717) is 6.42 Å². The average molecular weight is 348 g/mol. The zero-order chi connectivity index (χ0) is 16.6. The normalized spacial score (nSPS) is 24.2. The molecule has 0 spiro atoms. The van der Waals surface area contributed by atoms with Crippen LogP contribution in [0.2, 0.25) is 0 Å². The molecule has 1 unspecified atom stereocenters. The number of ether oxygens (including phenoxy) is 2. The van der Waals surface area contributed by atoms with Gasteiger partial charge in [-0.25, -0.2) is 8.42 Å². The van der Waals surface area contributed by atoms with Crippen LogP contribution in [0.15, 0.2) is 10.3 Å². The third-order valence-electron chi connectivity index (χ3n) is 4.29. The molecule has 1 atom stereocenters. The molecule has 0 saturated heterocycles. The first-order chi connectivity index (χ1) is 10.2. The van der Waals surface area contributed by atoms with Crippen molar-refractivity contribution >= 4 is 27.5 Å². The topological polar surface area (TPSA) is 94.6 Å². The van der Waals surface area contributed by atoms with E-state index < -0.39 is 26.9 Å². The third-order valence-corrected chi connectivity index (χ3v) is 7.01. The molecule has 1 saturated carbocycles. The van der Waals surface area contributed by atoms with Gasteiger partial charge in [0.15, 0.2) is 4.21 Å². The lowest BCUT2D eigenvalue weighted by Gasteiger charge is -2.38. The summed E-state index contributed by atoms with van der Waals surface area (Å²) < 4.78 is 41.5. The number of carbonyl (C=O) groups excluding carboxylic acids is 1. The van der Waals surface area contributed by atoms with Crippen LogP contribution in [0.25, 0.3) is 0 Å². The van der Waals surface area contributed by atoms with E-state index in [1.165, 1.54) is 20.3 Å². The van der Waals surface area contributed by atoms with E-state index in [9.17, 15) is 13.2 Å². The molecule has 1 aromatic heterocycles. The van der Waals surface area contributed by atoms with Crippen LogP contribution in [0.1, 0.15) is 33.1 Å². The van der Waals surface area contributed by atoms with Gasteiger partial charge in [-0.2, -0.15) is 9.10 Å². The molecule has 1 aliphatic rings. The maximum absolute atomic E-state index is 12.6. The highest BCUT2D eigenvalue weighted by molar-refractivity contribution is 7.91. The maximum atomic E-state index is 12.6. The molecule has 0 bridgehead atoms. The Balaban J connectivity index is 2.41. The summed E-state index contributed by atoms with van der Waals surface area (Å²) >= 11 is 0.805. The minimum absolute atomic E-state index is 0.00956. The number of carbonyl (C=O) groups is 1. The van der Waals surface area contributed by atoms with Gasteiger partial charge < -0.3 is 9.47 Å². The molecule has 124 valence electrons. The van der Waals surface area contributed by atoms with Gasteiger partial charge in [0.05, 0.1) is 14.2 Å². The van der Waals surface area contributed by atoms with Crippen molar-refractivity contribution in [1.82, 2.24) is 9.10 Å². The summed E-state index contributed by atoms with van der Waals surface area (Å²) in [5.74, 6) is -0.335. The maximum Gasteiger partial charge on any atom is 0.327 e. The predicted octanol–water partition coefficient (Wildman–Crippen LogP) is 1.55. The Morgan fingerprint density at radius 3 is 2.50 bits per heavy atom. The number of esters is 1. The molecule has 22 heavy (non-hydrogen) atoms. The van der Waals surface area contributed by atoms with E-state index in [2.05, 4.69) is 9.10 Å².